The van der Waals surface area contributed by atoms with Gasteiger partial charge in [0.15, 0.2) is 0 Å². The Balaban J connectivity index is 2.34. The van der Waals surface area contributed by atoms with Crippen LogP contribution in [-0.2, 0) is 17.8 Å². The van der Waals surface area contributed by atoms with E-state index in [-0.39, 0.29) is 13.0 Å². The second kappa shape index (κ2) is 8.67. The fraction of sp³-hybridized carbons (Fsp3) is 0.533. The molecule has 0 bridgehead atoms. The highest BCUT2D eigenvalue weighted by atomic mass is 16.4. The summed E-state index contributed by atoms with van der Waals surface area (Å²) in [6, 6.07) is 7.61. The minimum atomic E-state index is -0.802. The van der Waals surface area contributed by atoms with Gasteiger partial charge in [0.25, 0.3) is 0 Å². The summed E-state index contributed by atoms with van der Waals surface area (Å²) in [7, 11) is 0. The Kier molecular flexibility index (Phi) is 7.15. The highest BCUT2D eigenvalue weighted by molar-refractivity contribution is 5.70. The van der Waals surface area contributed by atoms with E-state index in [0.717, 1.165) is 30.5 Å². The Hall–Kier alpha value is -1.39. The van der Waals surface area contributed by atoms with Crippen LogP contribution >= 0.6 is 0 Å². The van der Waals surface area contributed by atoms with Crippen LogP contribution in [0.15, 0.2) is 24.3 Å². The third kappa shape index (κ3) is 6.36. The van der Waals surface area contributed by atoms with Gasteiger partial charge in [-0.2, -0.15) is 0 Å². The van der Waals surface area contributed by atoms with Crippen molar-refractivity contribution >= 4 is 5.97 Å². The van der Waals surface area contributed by atoms with Crippen molar-refractivity contribution in [3.63, 3.8) is 0 Å². The first-order chi connectivity index (χ1) is 9.13. The van der Waals surface area contributed by atoms with E-state index < -0.39 is 5.97 Å². The largest absolute Gasteiger partial charge is 0.481 e. The van der Waals surface area contributed by atoms with Gasteiger partial charge in [0.2, 0.25) is 0 Å². The van der Waals surface area contributed by atoms with E-state index in [9.17, 15) is 4.79 Å². The Bertz CT molecular complexity index is 393. The Labute approximate surface area is 114 Å². The highest BCUT2D eigenvalue weighted by Crippen LogP contribution is 2.10. The maximum absolute atomic E-state index is 10.8. The Morgan fingerprint density at radius 2 is 2.00 bits per heavy atom. The lowest BCUT2D eigenvalue weighted by atomic mass is 10.0. The lowest BCUT2D eigenvalue weighted by Crippen LogP contribution is -2.17. The monoisotopic (exact) mass is 265 g/mol. The summed E-state index contributed by atoms with van der Waals surface area (Å²) in [6.07, 6.45) is 2.09. The molecule has 1 aromatic carbocycles. The standard InChI is InChI=1S/C15H23NO3/c1-12(11-17)5-4-8-16-10-14-7-3-2-6-13(14)9-15(18)19/h2-3,6-7,12,16-17H,4-5,8-11H2,1H3,(H,18,19). The Morgan fingerprint density at radius 1 is 1.32 bits per heavy atom. The van der Waals surface area contributed by atoms with E-state index in [4.69, 9.17) is 10.2 Å². The van der Waals surface area contributed by atoms with Crippen molar-refractivity contribution in [3.8, 4) is 0 Å². The molecule has 4 heteroatoms. The molecule has 0 heterocycles. The zero-order chi connectivity index (χ0) is 14.1. The molecule has 0 aromatic heterocycles. The zero-order valence-electron chi connectivity index (χ0n) is 11.4. The zero-order valence-corrected chi connectivity index (χ0v) is 11.4. The van der Waals surface area contributed by atoms with Crippen molar-refractivity contribution < 1.29 is 15.0 Å². The third-order valence-electron chi connectivity index (χ3n) is 3.14. The van der Waals surface area contributed by atoms with Crippen molar-refractivity contribution in [2.45, 2.75) is 32.7 Å². The van der Waals surface area contributed by atoms with Gasteiger partial charge < -0.3 is 15.5 Å². The molecule has 0 aliphatic carbocycles. The summed E-state index contributed by atoms with van der Waals surface area (Å²) in [4.78, 5) is 10.8. The predicted molar refractivity (Wildman–Crippen MR) is 75.0 cm³/mol. The number of hydrogen-bond acceptors (Lipinski definition) is 3. The van der Waals surface area contributed by atoms with Gasteiger partial charge in [-0.15, -0.1) is 0 Å². The smallest absolute Gasteiger partial charge is 0.307 e. The number of carboxylic acids is 1. The molecule has 0 radical (unpaired) electrons. The van der Waals surface area contributed by atoms with Crippen molar-refractivity contribution in [1.82, 2.24) is 5.32 Å². The lowest BCUT2D eigenvalue weighted by molar-refractivity contribution is -0.136. The molecule has 0 fully saturated rings. The summed E-state index contributed by atoms with van der Waals surface area (Å²) in [5, 5.41) is 21.1. The summed E-state index contributed by atoms with van der Waals surface area (Å²) >= 11 is 0. The van der Waals surface area contributed by atoms with Crippen LogP contribution in [0.25, 0.3) is 0 Å². The molecule has 0 saturated heterocycles. The number of nitrogens with one attached hydrogen (secondary N) is 1. The Morgan fingerprint density at radius 3 is 2.63 bits per heavy atom. The first kappa shape index (κ1) is 15.7. The van der Waals surface area contributed by atoms with E-state index in [1.807, 2.05) is 31.2 Å². The van der Waals surface area contributed by atoms with Gasteiger partial charge >= 0.3 is 5.97 Å². The van der Waals surface area contributed by atoms with Crippen LogP contribution < -0.4 is 5.32 Å². The average molecular weight is 265 g/mol. The molecule has 1 rings (SSSR count). The van der Waals surface area contributed by atoms with E-state index in [1.165, 1.54) is 0 Å². The number of aliphatic carboxylic acids is 1. The first-order valence-corrected chi connectivity index (χ1v) is 6.73. The van der Waals surface area contributed by atoms with Crippen LogP contribution in [0, 0.1) is 5.92 Å². The molecule has 4 nitrogen and oxygen atoms in total. The quantitative estimate of drug-likeness (QED) is 0.596. The molecule has 106 valence electrons. The molecule has 0 aliphatic rings. The highest BCUT2D eigenvalue weighted by Gasteiger charge is 2.05. The van der Waals surface area contributed by atoms with Crippen molar-refractivity contribution in [2.24, 2.45) is 5.92 Å². The lowest BCUT2D eigenvalue weighted by Gasteiger charge is -2.10. The van der Waals surface area contributed by atoms with Crippen molar-refractivity contribution in [1.29, 1.82) is 0 Å². The van der Waals surface area contributed by atoms with Crippen LogP contribution in [0.4, 0.5) is 0 Å². The SMILES string of the molecule is CC(CO)CCCNCc1ccccc1CC(=O)O. The number of carbonyl (C=O) groups is 1. The molecule has 19 heavy (non-hydrogen) atoms. The van der Waals surface area contributed by atoms with E-state index in [0.29, 0.717) is 12.5 Å². The van der Waals surface area contributed by atoms with Crippen LogP contribution in [0.3, 0.4) is 0 Å². The normalized spacial score (nSPS) is 12.3. The number of hydrogen-bond donors (Lipinski definition) is 3. The summed E-state index contributed by atoms with van der Waals surface area (Å²) in [6.45, 7) is 3.84. The molecule has 3 N–H and O–H groups in total. The first-order valence-electron chi connectivity index (χ1n) is 6.73. The van der Waals surface area contributed by atoms with Gasteiger partial charge in [-0.05, 0) is 36.4 Å². The second-order valence-corrected chi connectivity index (χ2v) is 4.95. The number of benzene rings is 1. The summed E-state index contributed by atoms with van der Waals surface area (Å²) in [5.74, 6) is -0.453. The number of rotatable bonds is 9. The van der Waals surface area contributed by atoms with Crippen LogP contribution in [0.1, 0.15) is 30.9 Å². The molecular weight excluding hydrogens is 242 g/mol. The topological polar surface area (TPSA) is 69.6 Å². The van der Waals surface area contributed by atoms with Crippen molar-refractivity contribution in [3.05, 3.63) is 35.4 Å². The average Bonchev–Trinajstić information content (AvgIpc) is 2.39. The summed E-state index contributed by atoms with van der Waals surface area (Å²) in [5.41, 5.74) is 1.91. The predicted octanol–water partition coefficient (Wildman–Crippen LogP) is 1.81. The van der Waals surface area contributed by atoms with Gasteiger partial charge in [0, 0.05) is 13.2 Å². The van der Waals surface area contributed by atoms with Gasteiger partial charge in [0.05, 0.1) is 6.42 Å². The molecule has 1 unspecified atom stereocenters. The van der Waals surface area contributed by atoms with Crippen LogP contribution in [0.5, 0.6) is 0 Å². The minimum Gasteiger partial charge on any atom is -0.481 e. The van der Waals surface area contributed by atoms with Crippen LogP contribution in [0.2, 0.25) is 0 Å². The molecule has 1 atom stereocenters. The molecular formula is C15H23NO3. The second-order valence-electron chi connectivity index (χ2n) is 4.95. The van der Waals surface area contributed by atoms with Gasteiger partial charge in [-0.25, -0.2) is 0 Å². The van der Waals surface area contributed by atoms with Gasteiger partial charge in [0.1, 0.15) is 0 Å². The molecule has 1 aromatic rings. The van der Waals surface area contributed by atoms with Crippen LogP contribution in [-0.4, -0.2) is 29.3 Å². The number of carboxylic acid groups (broad SMARTS) is 1. The van der Waals surface area contributed by atoms with Crippen molar-refractivity contribution in [2.75, 3.05) is 13.2 Å². The molecule has 0 amide bonds. The third-order valence-corrected chi connectivity index (χ3v) is 3.14. The summed E-state index contributed by atoms with van der Waals surface area (Å²) < 4.78 is 0. The van der Waals surface area contributed by atoms with E-state index in [1.54, 1.807) is 0 Å². The van der Waals surface area contributed by atoms with Gasteiger partial charge in [-0.1, -0.05) is 31.2 Å². The van der Waals surface area contributed by atoms with E-state index >= 15 is 0 Å². The fourth-order valence-corrected chi connectivity index (χ4v) is 1.96. The maximum Gasteiger partial charge on any atom is 0.307 e. The number of aliphatic hydroxyl groups is 1. The molecule has 0 aliphatic heterocycles. The minimum absolute atomic E-state index is 0.0688. The maximum atomic E-state index is 10.8. The molecule has 0 saturated carbocycles. The van der Waals surface area contributed by atoms with E-state index in [2.05, 4.69) is 5.32 Å². The van der Waals surface area contributed by atoms with Gasteiger partial charge in [-0.3, -0.25) is 4.79 Å². The fourth-order valence-electron chi connectivity index (χ4n) is 1.96. The molecule has 0 spiro atoms. The number of aliphatic hydroxyl groups excluding tert-OH is 1.